The van der Waals surface area contributed by atoms with Crippen LogP contribution in [0.3, 0.4) is 0 Å². The van der Waals surface area contributed by atoms with Crippen LogP contribution in [0.15, 0.2) is 5.09 Å². The molecule has 0 unspecified atom stereocenters. The van der Waals surface area contributed by atoms with Crippen molar-refractivity contribution in [2.45, 2.75) is 32.9 Å². The Morgan fingerprint density at radius 2 is 2.25 bits per heavy atom. The van der Waals surface area contributed by atoms with Crippen molar-refractivity contribution in [1.82, 2.24) is 0 Å². The molecule has 0 aromatic heterocycles. The maximum atomic E-state index is 9.76. The first kappa shape index (κ1) is 7.66. The molecule has 0 atom stereocenters. The van der Waals surface area contributed by atoms with Crippen molar-refractivity contribution in [3.05, 3.63) is 4.91 Å². The molecular weight excluding hydrogens is 101 g/mol. The number of hydrogen-bond donors (Lipinski definition) is 0. The highest BCUT2D eigenvalue weighted by Gasteiger charge is 2.04. The molecular formula is C5H12BNO. The fourth-order valence-corrected chi connectivity index (χ4v) is 0.552. The quantitative estimate of drug-likeness (QED) is 0.405. The van der Waals surface area contributed by atoms with E-state index in [4.69, 9.17) is 0 Å². The predicted octanol–water partition coefficient (Wildman–Crippen LogP) is 2.17. The van der Waals surface area contributed by atoms with Crippen LogP contribution in [0.2, 0.25) is 13.1 Å². The molecule has 3 heteroatoms. The van der Waals surface area contributed by atoms with Crippen LogP contribution in [0, 0.1) is 4.91 Å². The van der Waals surface area contributed by atoms with E-state index in [1.807, 2.05) is 6.82 Å². The van der Waals surface area contributed by atoms with Gasteiger partial charge in [0, 0.05) is 0 Å². The highest BCUT2D eigenvalue weighted by atomic mass is 16.2. The third kappa shape index (κ3) is 3.84. The van der Waals surface area contributed by atoms with Crippen LogP contribution in [-0.2, 0) is 0 Å². The van der Waals surface area contributed by atoms with Crippen LogP contribution >= 0.6 is 0 Å². The van der Waals surface area contributed by atoms with Gasteiger partial charge in [-0.2, -0.15) is 4.91 Å². The lowest BCUT2D eigenvalue weighted by Gasteiger charge is -1.92. The molecule has 0 amide bonds. The summed E-state index contributed by atoms with van der Waals surface area (Å²) in [6, 6.07) is 0. The Balaban J connectivity index is 2.98. The molecule has 0 spiro atoms. The summed E-state index contributed by atoms with van der Waals surface area (Å²) >= 11 is 0. The summed E-state index contributed by atoms with van der Waals surface area (Å²) in [7, 11) is 0. The molecule has 0 aliphatic carbocycles. The molecule has 0 saturated heterocycles. The smallest absolute Gasteiger partial charge is 0.168 e. The molecule has 2 nitrogen and oxygen atoms in total. The molecule has 46 valence electrons. The van der Waals surface area contributed by atoms with E-state index in [0.717, 1.165) is 19.2 Å². The topological polar surface area (TPSA) is 29.4 Å². The molecule has 0 aromatic carbocycles. The van der Waals surface area contributed by atoms with Gasteiger partial charge < -0.3 is 0 Å². The van der Waals surface area contributed by atoms with Gasteiger partial charge in [0.2, 0.25) is 0 Å². The van der Waals surface area contributed by atoms with Crippen LogP contribution in [0.25, 0.3) is 0 Å². The number of nitroso groups, excluding NO2 is 1. The SMILES string of the molecule is CCCCB(C)N=O. The second kappa shape index (κ2) is 4.81. The Labute approximate surface area is 50.7 Å². The molecule has 0 rings (SSSR count). The van der Waals surface area contributed by atoms with E-state index in [-0.39, 0.29) is 6.85 Å². The van der Waals surface area contributed by atoms with Crippen molar-refractivity contribution in [2.75, 3.05) is 0 Å². The average molecular weight is 113 g/mol. The lowest BCUT2D eigenvalue weighted by atomic mass is 9.62. The Hall–Kier alpha value is -0.335. The second-order valence-electron chi connectivity index (χ2n) is 2.10. The lowest BCUT2D eigenvalue weighted by molar-refractivity contribution is 0.873. The fourth-order valence-electron chi connectivity index (χ4n) is 0.552. The van der Waals surface area contributed by atoms with Crippen LogP contribution in [0.1, 0.15) is 19.8 Å². The van der Waals surface area contributed by atoms with Gasteiger partial charge >= 0.3 is 6.85 Å². The summed E-state index contributed by atoms with van der Waals surface area (Å²) in [5.74, 6) is 0. The number of hydrogen-bond acceptors (Lipinski definition) is 2. The first-order valence-electron chi connectivity index (χ1n) is 3.13. The minimum absolute atomic E-state index is 0.0231. The average Bonchev–Trinajstić information content (AvgIpc) is 1.83. The number of rotatable bonds is 4. The van der Waals surface area contributed by atoms with Crippen LogP contribution in [0.4, 0.5) is 0 Å². The molecule has 0 bridgehead atoms. The van der Waals surface area contributed by atoms with Gasteiger partial charge in [-0.25, -0.2) is 0 Å². The first-order valence-corrected chi connectivity index (χ1v) is 3.13. The van der Waals surface area contributed by atoms with E-state index in [1.165, 1.54) is 0 Å². The van der Waals surface area contributed by atoms with Crippen molar-refractivity contribution in [3.8, 4) is 0 Å². The third-order valence-corrected chi connectivity index (χ3v) is 1.16. The van der Waals surface area contributed by atoms with Crippen LogP contribution in [-0.4, -0.2) is 6.85 Å². The summed E-state index contributed by atoms with van der Waals surface area (Å²) in [6.07, 6.45) is 3.22. The number of nitrogens with zero attached hydrogens (tertiary/aromatic N) is 1. The second-order valence-corrected chi connectivity index (χ2v) is 2.10. The summed E-state index contributed by atoms with van der Waals surface area (Å²) < 4.78 is 0. The highest BCUT2D eigenvalue weighted by molar-refractivity contribution is 6.55. The molecule has 0 N–H and O–H groups in total. The van der Waals surface area contributed by atoms with Crippen molar-refractivity contribution >= 4 is 6.85 Å². The first-order chi connectivity index (χ1) is 3.81. The predicted molar refractivity (Wildman–Crippen MR) is 37.1 cm³/mol. The van der Waals surface area contributed by atoms with Crippen molar-refractivity contribution in [2.24, 2.45) is 5.09 Å². The van der Waals surface area contributed by atoms with Gasteiger partial charge in [0.1, 0.15) is 0 Å². The Kier molecular flexibility index (Phi) is 4.61. The molecule has 0 radical (unpaired) electrons. The Morgan fingerprint density at radius 1 is 1.62 bits per heavy atom. The molecule has 0 saturated carbocycles. The van der Waals surface area contributed by atoms with Gasteiger partial charge in [0.05, 0.1) is 0 Å². The van der Waals surface area contributed by atoms with E-state index in [2.05, 4.69) is 12.0 Å². The summed E-state index contributed by atoms with van der Waals surface area (Å²) in [6.45, 7) is 3.98. The maximum absolute atomic E-state index is 9.76. The van der Waals surface area contributed by atoms with Gasteiger partial charge in [-0.05, 0) is 6.32 Å². The van der Waals surface area contributed by atoms with Crippen LogP contribution < -0.4 is 0 Å². The fraction of sp³-hybridized carbons (Fsp3) is 1.00. The molecule has 0 heterocycles. The van der Waals surface area contributed by atoms with Gasteiger partial charge in [-0.15, -0.1) is 5.09 Å². The van der Waals surface area contributed by atoms with Gasteiger partial charge in [0.15, 0.2) is 0 Å². The zero-order chi connectivity index (χ0) is 6.41. The maximum Gasteiger partial charge on any atom is 0.334 e. The zero-order valence-electron chi connectivity index (χ0n) is 5.55. The summed E-state index contributed by atoms with van der Waals surface area (Å²) in [4.78, 5) is 9.76. The molecule has 0 aromatic rings. The van der Waals surface area contributed by atoms with E-state index in [9.17, 15) is 4.91 Å². The van der Waals surface area contributed by atoms with E-state index in [1.54, 1.807) is 0 Å². The standard InChI is InChI=1S/C5H12BNO/c1-3-4-5-6(2)7-8/h3-5H2,1-2H3. The number of unbranched alkanes of at least 4 members (excludes halogenated alkanes) is 1. The Bertz CT molecular complexity index is 67.4. The molecule has 0 aliphatic rings. The molecule has 0 aliphatic heterocycles. The van der Waals surface area contributed by atoms with E-state index < -0.39 is 0 Å². The van der Waals surface area contributed by atoms with E-state index in [0.29, 0.717) is 0 Å². The van der Waals surface area contributed by atoms with Crippen molar-refractivity contribution in [3.63, 3.8) is 0 Å². The van der Waals surface area contributed by atoms with E-state index >= 15 is 0 Å². The lowest BCUT2D eigenvalue weighted by Crippen LogP contribution is -1.99. The molecule has 0 fully saturated rings. The van der Waals surface area contributed by atoms with Crippen molar-refractivity contribution in [1.29, 1.82) is 0 Å². The van der Waals surface area contributed by atoms with Gasteiger partial charge in [0.25, 0.3) is 0 Å². The normalized spacial score (nSPS) is 8.75. The van der Waals surface area contributed by atoms with Gasteiger partial charge in [-0.3, -0.25) is 0 Å². The highest BCUT2D eigenvalue weighted by Crippen LogP contribution is 2.00. The van der Waals surface area contributed by atoms with Crippen molar-refractivity contribution < 1.29 is 0 Å². The largest absolute Gasteiger partial charge is 0.334 e. The minimum Gasteiger partial charge on any atom is -0.168 e. The monoisotopic (exact) mass is 113 g/mol. The summed E-state index contributed by atoms with van der Waals surface area (Å²) in [5.41, 5.74) is 0. The van der Waals surface area contributed by atoms with Crippen LogP contribution in [0.5, 0.6) is 0 Å². The minimum atomic E-state index is 0.0231. The Morgan fingerprint density at radius 3 is 2.62 bits per heavy atom. The zero-order valence-corrected chi connectivity index (χ0v) is 5.55. The molecule has 8 heavy (non-hydrogen) atoms. The van der Waals surface area contributed by atoms with Gasteiger partial charge in [-0.1, -0.05) is 26.6 Å². The third-order valence-electron chi connectivity index (χ3n) is 1.16. The summed E-state index contributed by atoms with van der Waals surface area (Å²) in [5, 5.41) is 2.88.